The van der Waals surface area contributed by atoms with Crippen LogP contribution in [0.25, 0.3) is 0 Å². The Morgan fingerprint density at radius 2 is 1.68 bits per heavy atom. The number of hydrogen-bond donors (Lipinski definition) is 1. The maximum absolute atomic E-state index is 14.7. The van der Waals surface area contributed by atoms with Crippen molar-refractivity contribution in [2.45, 2.75) is 55.8 Å². The molecular formula is C33H37N3O4S. The molecule has 2 aromatic carbocycles. The minimum absolute atomic E-state index is 0.0547. The van der Waals surface area contributed by atoms with Crippen molar-refractivity contribution in [3.05, 3.63) is 89.5 Å². The molecule has 0 aromatic heterocycles. The van der Waals surface area contributed by atoms with E-state index in [2.05, 4.69) is 6.08 Å². The number of thioether (sulfide) groups is 1. The molecule has 4 aliphatic heterocycles. The second-order valence-corrected chi connectivity index (χ2v) is 13.0. The number of aliphatic hydroxyl groups excluding tert-OH is 1. The number of aryl methyl sites for hydroxylation is 2. The fourth-order valence-electron chi connectivity index (χ4n) is 7.31. The van der Waals surface area contributed by atoms with Crippen LogP contribution in [0.1, 0.15) is 30.0 Å². The van der Waals surface area contributed by atoms with Gasteiger partial charge in [0.15, 0.2) is 0 Å². The third-order valence-corrected chi connectivity index (χ3v) is 10.9. The minimum Gasteiger partial charge on any atom is -0.394 e. The van der Waals surface area contributed by atoms with Crippen LogP contribution in [0.4, 0.5) is 5.69 Å². The Balaban J connectivity index is 1.44. The molecule has 2 saturated heterocycles. The van der Waals surface area contributed by atoms with Gasteiger partial charge in [-0.05, 0) is 37.0 Å². The predicted octanol–water partition coefficient (Wildman–Crippen LogP) is 3.87. The number of nitrogens with zero attached hydrogens (tertiary/aromatic N) is 3. The highest BCUT2D eigenvalue weighted by Gasteiger charge is 2.71. The molecule has 4 heterocycles. The summed E-state index contributed by atoms with van der Waals surface area (Å²) in [6.45, 7) is 6.99. The number of carbonyl (C=O) groups excluding carboxylic acids is 3. The summed E-state index contributed by atoms with van der Waals surface area (Å²) in [6, 6.07) is 14.5. The van der Waals surface area contributed by atoms with E-state index < -0.39 is 28.7 Å². The van der Waals surface area contributed by atoms with Crippen molar-refractivity contribution in [1.82, 2.24) is 9.80 Å². The lowest BCUT2D eigenvalue weighted by Gasteiger charge is -2.38. The van der Waals surface area contributed by atoms with Crippen molar-refractivity contribution in [3.8, 4) is 0 Å². The molecule has 1 unspecified atom stereocenters. The predicted molar refractivity (Wildman–Crippen MR) is 161 cm³/mol. The minimum atomic E-state index is -0.910. The smallest absolute Gasteiger partial charge is 0.251 e. The van der Waals surface area contributed by atoms with Crippen molar-refractivity contribution >= 4 is 35.2 Å². The Morgan fingerprint density at radius 1 is 0.951 bits per heavy atom. The van der Waals surface area contributed by atoms with Gasteiger partial charge in [-0.15, -0.1) is 11.8 Å². The number of rotatable bonds is 6. The Hall–Kier alpha value is -3.36. The zero-order valence-electron chi connectivity index (χ0n) is 23.8. The Kier molecular flexibility index (Phi) is 7.32. The number of fused-ring (bicyclic) bond motifs is 2. The van der Waals surface area contributed by atoms with Gasteiger partial charge in [-0.2, -0.15) is 0 Å². The summed E-state index contributed by atoms with van der Waals surface area (Å²) in [7, 11) is 0. The van der Waals surface area contributed by atoms with Gasteiger partial charge in [-0.3, -0.25) is 14.4 Å². The summed E-state index contributed by atoms with van der Waals surface area (Å²) in [5.41, 5.74) is 3.87. The first-order valence-corrected chi connectivity index (χ1v) is 15.4. The molecule has 4 aliphatic rings. The van der Waals surface area contributed by atoms with Crippen LogP contribution in [0, 0.1) is 25.7 Å². The van der Waals surface area contributed by atoms with E-state index in [1.807, 2.05) is 92.4 Å². The lowest BCUT2D eigenvalue weighted by atomic mass is 9.78. The molecule has 8 heteroatoms. The number of amides is 3. The average molecular weight is 572 g/mol. The second-order valence-electron chi connectivity index (χ2n) is 11.6. The fourth-order valence-corrected chi connectivity index (χ4v) is 9.31. The van der Waals surface area contributed by atoms with Crippen molar-refractivity contribution < 1.29 is 19.5 Å². The Labute approximate surface area is 245 Å². The summed E-state index contributed by atoms with van der Waals surface area (Å²) in [4.78, 5) is 48.8. The van der Waals surface area contributed by atoms with Crippen molar-refractivity contribution in [1.29, 1.82) is 0 Å². The first-order valence-electron chi connectivity index (χ1n) is 14.5. The highest BCUT2D eigenvalue weighted by Crippen LogP contribution is 2.61. The largest absolute Gasteiger partial charge is 0.394 e. The number of benzene rings is 2. The van der Waals surface area contributed by atoms with E-state index >= 15 is 0 Å². The number of para-hydroxylation sites is 1. The SMILES string of the molecule is CC[C@@H](CO)N1C(=O)[C@@H]2[C@H]3C(=O)N(Cc4ccccc4)CC=C[C@H]3S[C@@]23C=CCN(c2c(C)cccc2C)C(=O)C13. The van der Waals surface area contributed by atoms with E-state index in [1.54, 1.807) is 21.6 Å². The molecule has 6 atom stereocenters. The second kappa shape index (κ2) is 10.8. The first-order chi connectivity index (χ1) is 19.8. The summed E-state index contributed by atoms with van der Waals surface area (Å²) in [5.74, 6) is -1.71. The summed E-state index contributed by atoms with van der Waals surface area (Å²) < 4.78 is -0.910. The van der Waals surface area contributed by atoms with E-state index in [0.29, 0.717) is 26.1 Å². The van der Waals surface area contributed by atoms with Gasteiger partial charge in [0.2, 0.25) is 11.8 Å². The van der Waals surface area contributed by atoms with Crippen LogP contribution >= 0.6 is 11.8 Å². The first kappa shape index (κ1) is 27.8. The molecule has 1 spiro atoms. The molecule has 3 amide bonds. The lowest BCUT2D eigenvalue weighted by Crippen LogP contribution is -2.56. The lowest BCUT2D eigenvalue weighted by molar-refractivity contribution is -0.145. The molecule has 0 radical (unpaired) electrons. The number of hydrogen-bond acceptors (Lipinski definition) is 5. The molecule has 2 fully saturated rings. The van der Waals surface area contributed by atoms with Gasteiger partial charge in [-0.25, -0.2) is 0 Å². The number of aliphatic hydroxyl groups is 1. The molecule has 7 nitrogen and oxygen atoms in total. The Morgan fingerprint density at radius 3 is 2.37 bits per heavy atom. The van der Waals surface area contributed by atoms with E-state index in [-0.39, 0.29) is 29.6 Å². The van der Waals surface area contributed by atoms with Gasteiger partial charge in [0.25, 0.3) is 5.91 Å². The molecule has 2 aromatic rings. The zero-order valence-corrected chi connectivity index (χ0v) is 24.6. The van der Waals surface area contributed by atoms with E-state index in [0.717, 1.165) is 22.4 Å². The van der Waals surface area contributed by atoms with E-state index in [4.69, 9.17) is 0 Å². The standard InChI is InChI=1S/C33H37N3O4S/c1-4-24(20-37)36-29-32(40)35(28-21(2)11-8-12-22(28)3)18-10-16-33(29)27(31(36)39)26-25(41-33)15-9-17-34(30(26)38)19-23-13-6-5-7-14-23/h5-16,24-27,29,37H,4,17-20H2,1-3H3/t24-,25+,26-,27-,29?,33-/m0/s1. The quantitative estimate of drug-likeness (QED) is 0.533. The van der Waals surface area contributed by atoms with Crippen molar-refractivity contribution in [3.63, 3.8) is 0 Å². The van der Waals surface area contributed by atoms with Crippen LogP contribution in [0.15, 0.2) is 72.8 Å². The normalized spacial score (nSPS) is 29.8. The molecule has 0 bridgehead atoms. The van der Waals surface area contributed by atoms with Crippen LogP contribution in [-0.4, -0.2) is 74.4 Å². The molecule has 214 valence electrons. The topological polar surface area (TPSA) is 81.2 Å². The number of likely N-dealkylation sites (tertiary alicyclic amines) is 1. The Bertz CT molecular complexity index is 1400. The molecular weight excluding hydrogens is 534 g/mol. The molecule has 6 rings (SSSR count). The number of anilines is 1. The zero-order chi connectivity index (χ0) is 28.9. The molecule has 0 aliphatic carbocycles. The van der Waals surface area contributed by atoms with Crippen LogP contribution in [0.5, 0.6) is 0 Å². The maximum Gasteiger partial charge on any atom is 0.251 e. The van der Waals surface area contributed by atoms with Gasteiger partial charge in [0, 0.05) is 30.6 Å². The highest BCUT2D eigenvalue weighted by molar-refractivity contribution is 8.02. The number of carbonyl (C=O) groups is 3. The summed E-state index contributed by atoms with van der Waals surface area (Å²) >= 11 is 1.58. The third kappa shape index (κ3) is 4.34. The molecule has 0 saturated carbocycles. The van der Waals surface area contributed by atoms with E-state index in [1.165, 1.54) is 0 Å². The van der Waals surface area contributed by atoms with Gasteiger partial charge in [0.05, 0.1) is 29.2 Å². The van der Waals surface area contributed by atoms with Crippen LogP contribution in [-0.2, 0) is 20.9 Å². The molecule has 41 heavy (non-hydrogen) atoms. The maximum atomic E-state index is 14.7. The van der Waals surface area contributed by atoms with Gasteiger partial charge >= 0.3 is 0 Å². The summed E-state index contributed by atoms with van der Waals surface area (Å²) in [6.07, 6.45) is 8.64. The van der Waals surface area contributed by atoms with Gasteiger partial charge in [-0.1, -0.05) is 79.8 Å². The molecule has 1 N–H and O–H groups in total. The third-order valence-electron chi connectivity index (χ3n) is 9.18. The van der Waals surface area contributed by atoms with Gasteiger partial charge in [0.1, 0.15) is 6.04 Å². The van der Waals surface area contributed by atoms with Crippen LogP contribution < -0.4 is 4.90 Å². The van der Waals surface area contributed by atoms with Crippen LogP contribution in [0.3, 0.4) is 0 Å². The van der Waals surface area contributed by atoms with E-state index in [9.17, 15) is 19.5 Å². The van der Waals surface area contributed by atoms with Gasteiger partial charge < -0.3 is 19.8 Å². The highest BCUT2D eigenvalue weighted by atomic mass is 32.2. The fraction of sp³-hybridized carbons (Fsp3) is 0.424. The summed E-state index contributed by atoms with van der Waals surface area (Å²) in [5, 5.41) is 10.2. The van der Waals surface area contributed by atoms with Crippen molar-refractivity contribution in [2.24, 2.45) is 11.8 Å². The average Bonchev–Trinajstić information content (AvgIpc) is 3.29. The van der Waals surface area contributed by atoms with Crippen molar-refractivity contribution in [2.75, 3.05) is 24.6 Å². The van der Waals surface area contributed by atoms with Crippen LogP contribution in [0.2, 0.25) is 0 Å². The monoisotopic (exact) mass is 571 g/mol.